The van der Waals surface area contributed by atoms with Crippen LogP contribution in [0.4, 0.5) is 5.69 Å². The van der Waals surface area contributed by atoms with Crippen molar-refractivity contribution in [3.8, 4) is 11.5 Å². The topological polar surface area (TPSA) is 109 Å². The number of nitrogens with zero attached hydrogens (tertiary/aromatic N) is 2. The number of carbonyl (C=O) groups excluding carboxylic acids is 2. The summed E-state index contributed by atoms with van der Waals surface area (Å²) in [5.74, 6) is 0.0229. The zero-order valence-corrected chi connectivity index (χ0v) is 16.4. The van der Waals surface area contributed by atoms with E-state index in [9.17, 15) is 14.4 Å². The van der Waals surface area contributed by atoms with E-state index in [0.717, 1.165) is 0 Å². The first kappa shape index (κ1) is 19.4. The molecular formula is C21H19N3O6. The van der Waals surface area contributed by atoms with Crippen molar-refractivity contribution >= 4 is 28.3 Å². The van der Waals surface area contributed by atoms with Gasteiger partial charge in [0.05, 0.1) is 17.5 Å². The highest BCUT2D eigenvalue weighted by atomic mass is 16.7. The van der Waals surface area contributed by atoms with Gasteiger partial charge in [0, 0.05) is 24.2 Å². The van der Waals surface area contributed by atoms with Gasteiger partial charge >= 0.3 is 5.97 Å². The third kappa shape index (κ3) is 3.82. The maximum Gasteiger partial charge on any atom is 0.312 e. The lowest BCUT2D eigenvalue weighted by atomic mass is 10.1. The van der Waals surface area contributed by atoms with Gasteiger partial charge in [-0.2, -0.15) is 5.10 Å². The Morgan fingerprint density at radius 1 is 1.17 bits per heavy atom. The fraction of sp³-hybridized carbons (Fsp3) is 0.238. The summed E-state index contributed by atoms with van der Waals surface area (Å²) in [7, 11) is 1.52. The zero-order valence-electron chi connectivity index (χ0n) is 16.4. The fourth-order valence-corrected chi connectivity index (χ4v) is 3.15. The molecule has 0 aliphatic carbocycles. The number of rotatable bonds is 5. The van der Waals surface area contributed by atoms with E-state index in [4.69, 9.17) is 14.2 Å². The molecule has 1 aliphatic heterocycles. The lowest BCUT2D eigenvalue weighted by Crippen LogP contribution is -2.31. The van der Waals surface area contributed by atoms with Crippen LogP contribution in [0.5, 0.6) is 11.5 Å². The van der Waals surface area contributed by atoms with Crippen molar-refractivity contribution in [2.24, 2.45) is 7.05 Å². The number of hydrogen-bond acceptors (Lipinski definition) is 7. The molecule has 1 N–H and O–H groups in total. The smallest absolute Gasteiger partial charge is 0.312 e. The van der Waals surface area contributed by atoms with Gasteiger partial charge in [-0.15, -0.1) is 0 Å². The molecule has 3 aromatic rings. The fourth-order valence-electron chi connectivity index (χ4n) is 3.15. The molecule has 0 bridgehead atoms. The van der Waals surface area contributed by atoms with Gasteiger partial charge in [-0.05, 0) is 25.1 Å². The number of aryl methyl sites for hydroxylation is 1. The third-order valence-electron chi connectivity index (χ3n) is 4.66. The molecule has 1 atom stereocenters. The Morgan fingerprint density at radius 3 is 2.70 bits per heavy atom. The van der Waals surface area contributed by atoms with Crippen molar-refractivity contribution in [1.29, 1.82) is 0 Å². The van der Waals surface area contributed by atoms with Crippen LogP contribution in [0.25, 0.3) is 10.8 Å². The third-order valence-corrected chi connectivity index (χ3v) is 4.66. The van der Waals surface area contributed by atoms with E-state index in [1.165, 1.54) is 18.7 Å². The van der Waals surface area contributed by atoms with Crippen molar-refractivity contribution < 1.29 is 23.8 Å². The first-order valence-electron chi connectivity index (χ1n) is 9.27. The largest absolute Gasteiger partial charge is 0.454 e. The summed E-state index contributed by atoms with van der Waals surface area (Å²) in [5, 5.41) is 7.89. The van der Waals surface area contributed by atoms with E-state index in [1.807, 2.05) is 0 Å². The van der Waals surface area contributed by atoms with Crippen molar-refractivity contribution in [3.05, 3.63) is 58.5 Å². The maximum absolute atomic E-state index is 12.4. The number of hydrogen-bond donors (Lipinski definition) is 1. The molecule has 1 amide bonds. The van der Waals surface area contributed by atoms with Gasteiger partial charge in [-0.25, -0.2) is 4.68 Å². The predicted octanol–water partition coefficient (Wildman–Crippen LogP) is 1.78. The van der Waals surface area contributed by atoms with Crippen LogP contribution in [0.2, 0.25) is 0 Å². The molecule has 9 nitrogen and oxygen atoms in total. The van der Waals surface area contributed by atoms with Crippen molar-refractivity contribution in [1.82, 2.24) is 9.78 Å². The summed E-state index contributed by atoms with van der Waals surface area (Å²) in [5.41, 5.74) is 0.651. The Morgan fingerprint density at radius 2 is 1.90 bits per heavy atom. The van der Waals surface area contributed by atoms with Gasteiger partial charge in [0.2, 0.25) is 6.79 Å². The first-order valence-corrected chi connectivity index (χ1v) is 9.27. The second-order valence-electron chi connectivity index (χ2n) is 6.79. The molecule has 30 heavy (non-hydrogen) atoms. The SMILES string of the molecule is C[C@@H](OC(=O)Cc1nn(C)c(=O)c2ccccc12)C(=O)Nc1ccc2c(c1)OCO2. The summed E-state index contributed by atoms with van der Waals surface area (Å²) in [6.07, 6.45) is -1.20. The van der Waals surface area contributed by atoms with Crippen LogP contribution in [0.1, 0.15) is 12.6 Å². The van der Waals surface area contributed by atoms with Gasteiger partial charge in [0.15, 0.2) is 17.6 Å². The highest BCUT2D eigenvalue weighted by molar-refractivity contribution is 5.95. The summed E-state index contributed by atoms with van der Waals surface area (Å²) in [6.45, 7) is 1.61. The average molecular weight is 409 g/mol. The predicted molar refractivity (Wildman–Crippen MR) is 107 cm³/mol. The molecular weight excluding hydrogens is 390 g/mol. The van der Waals surface area contributed by atoms with Crippen LogP contribution >= 0.6 is 0 Å². The second kappa shape index (κ2) is 7.86. The van der Waals surface area contributed by atoms with E-state index in [-0.39, 0.29) is 18.8 Å². The van der Waals surface area contributed by atoms with E-state index < -0.39 is 18.0 Å². The average Bonchev–Trinajstić information content (AvgIpc) is 3.19. The maximum atomic E-state index is 12.4. The highest BCUT2D eigenvalue weighted by Crippen LogP contribution is 2.34. The molecule has 0 saturated heterocycles. The Labute approximate surface area is 171 Å². The Bertz CT molecular complexity index is 1200. The number of benzene rings is 2. The molecule has 0 unspecified atom stereocenters. The van der Waals surface area contributed by atoms with E-state index >= 15 is 0 Å². The monoisotopic (exact) mass is 409 g/mol. The summed E-state index contributed by atoms with van der Waals surface area (Å²) >= 11 is 0. The van der Waals surface area contributed by atoms with Gasteiger partial charge in [0.25, 0.3) is 11.5 Å². The van der Waals surface area contributed by atoms with Crippen LogP contribution in [-0.2, 0) is 27.8 Å². The van der Waals surface area contributed by atoms with Crippen LogP contribution in [-0.4, -0.2) is 34.6 Å². The minimum Gasteiger partial charge on any atom is -0.454 e. The van der Waals surface area contributed by atoms with Crippen LogP contribution < -0.4 is 20.3 Å². The van der Waals surface area contributed by atoms with Crippen molar-refractivity contribution in [2.75, 3.05) is 12.1 Å². The highest BCUT2D eigenvalue weighted by Gasteiger charge is 2.21. The Kier molecular flexibility index (Phi) is 5.09. The number of carbonyl (C=O) groups is 2. The minimum atomic E-state index is -1.03. The standard InChI is InChI=1S/C21H19N3O6/c1-12(20(26)22-13-7-8-17-18(9-13)29-11-28-17)30-19(25)10-16-14-5-3-4-6-15(14)21(27)24(2)23-16/h3-9,12H,10-11H2,1-2H3,(H,22,26)/t12-/m1/s1. The number of amides is 1. The lowest BCUT2D eigenvalue weighted by molar-refractivity contribution is -0.152. The molecule has 9 heteroatoms. The molecule has 2 heterocycles. The summed E-state index contributed by atoms with van der Waals surface area (Å²) < 4.78 is 17.0. The number of fused-ring (bicyclic) bond motifs is 2. The van der Waals surface area contributed by atoms with Gasteiger partial charge in [-0.3, -0.25) is 14.4 Å². The molecule has 0 radical (unpaired) electrons. The van der Waals surface area contributed by atoms with Gasteiger partial charge in [-0.1, -0.05) is 18.2 Å². The van der Waals surface area contributed by atoms with E-state index in [2.05, 4.69) is 10.4 Å². The number of anilines is 1. The molecule has 154 valence electrons. The molecule has 0 saturated carbocycles. The summed E-state index contributed by atoms with van der Waals surface area (Å²) in [6, 6.07) is 11.9. The Hall–Kier alpha value is -3.88. The molecule has 0 fully saturated rings. The second-order valence-corrected chi connectivity index (χ2v) is 6.79. The number of nitrogens with one attached hydrogen (secondary N) is 1. The van der Waals surface area contributed by atoms with E-state index in [0.29, 0.717) is 33.7 Å². The van der Waals surface area contributed by atoms with E-state index in [1.54, 1.807) is 42.5 Å². The van der Waals surface area contributed by atoms with Crippen LogP contribution in [0.15, 0.2) is 47.3 Å². The first-order chi connectivity index (χ1) is 14.4. The number of ether oxygens (including phenoxy) is 3. The molecule has 1 aliphatic rings. The molecule has 2 aromatic carbocycles. The molecule has 1 aromatic heterocycles. The number of esters is 1. The van der Waals surface area contributed by atoms with Crippen molar-refractivity contribution in [2.45, 2.75) is 19.4 Å². The van der Waals surface area contributed by atoms with Crippen LogP contribution in [0, 0.1) is 0 Å². The quantitative estimate of drug-likeness (QED) is 0.640. The molecule has 4 rings (SSSR count). The van der Waals surface area contributed by atoms with Crippen molar-refractivity contribution in [3.63, 3.8) is 0 Å². The van der Waals surface area contributed by atoms with Gasteiger partial charge in [0.1, 0.15) is 0 Å². The Balaban J connectivity index is 1.43. The normalized spacial score (nSPS) is 13.1. The minimum absolute atomic E-state index is 0.133. The zero-order chi connectivity index (χ0) is 21.3. The number of aromatic nitrogens is 2. The molecule has 0 spiro atoms. The lowest BCUT2D eigenvalue weighted by Gasteiger charge is -2.14. The van der Waals surface area contributed by atoms with Gasteiger partial charge < -0.3 is 19.5 Å². The van der Waals surface area contributed by atoms with Crippen LogP contribution in [0.3, 0.4) is 0 Å². The summed E-state index contributed by atoms with van der Waals surface area (Å²) in [4.78, 5) is 37.0.